The lowest BCUT2D eigenvalue weighted by Gasteiger charge is -2.37. The smallest absolute Gasteiger partial charge is 0.272 e. The molecule has 1 N–H and O–H groups in total. The van der Waals surface area contributed by atoms with Gasteiger partial charge in [0, 0.05) is 37.9 Å². The van der Waals surface area contributed by atoms with Crippen molar-refractivity contribution in [3.8, 4) is 0 Å². The van der Waals surface area contributed by atoms with Crippen LogP contribution < -0.4 is 10.2 Å². The number of piperazine rings is 1. The van der Waals surface area contributed by atoms with Gasteiger partial charge in [0.05, 0.1) is 11.9 Å². The Hall–Kier alpha value is -2.56. The number of rotatable bonds is 4. The van der Waals surface area contributed by atoms with Gasteiger partial charge in [0.25, 0.3) is 5.91 Å². The van der Waals surface area contributed by atoms with Crippen molar-refractivity contribution in [2.24, 2.45) is 0 Å². The number of carbonyl (C=O) groups excluding carboxylic acids is 1. The fraction of sp³-hybridized carbons (Fsp3) is 0.429. The molecule has 1 aliphatic heterocycles. The van der Waals surface area contributed by atoms with Crippen molar-refractivity contribution in [1.29, 1.82) is 0 Å². The second-order valence-electron chi connectivity index (χ2n) is 7.23. The SMILES string of the molecule is Cc1cccc(N2CCN(C(=O)c3ccc(NC(C)C)cn3)CC2)c1C. The van der Waals surface area contributed by atoms with E-state index in [2.05, 4.69) is 61.1 Å². The van der Waals surface area contributed by atoms with E-state index >= 15 is 0 Å². The Morgan fingerprint density at radius 2 is 1.81 bits per heavy atom. The summed E-state index contributed by atoms with van der Waals surface area (Å²) in [7, 11) is 0. The highest BCUT2D eigenvalue weighted by Gasteiger charge is 2.23. The van der Waals surface area contributed by atoms with Crippen LogP contribution in [0.3, 0.4) is 0 Å². The predicted octanol–water partition coefficient (Wildman–Crippen LogP) is 3.48. The number of carbonyl (C=O) groups is 1. The highest BCUT2D eigenvalue weighted by Crippen LogP contribution is 2.24. The van der Waals surface area contributed by atoms with Gasteiger partial charge in [-0.05, 0) is 57.0 Å². The van der Waals surface area contributed by atoms with Gasteiger partial charge in [-0.2, -0.15) is 0 Å². The van der Waals surface area contributed by atoms with Crippen LogP contribution in [0.1, 0.15) is 35.5 Å². The lowest BCUT2D eigenvalue weighted by molar-refractivity contribution is 0.0741. The average Bonchev–Trinajstić information content (AvgIpc) is 2.64. The molecule has 0 saturated carbocycles. The summed E-state index contributed by atoms with van der Waals surface area (Å²) in [6, 6.07) is 10.5. The first kappa shape index (κ1) is 18.2. The topological polar surface area (TPSA) is 48.5 Å². The Morgan fingerprint density at radius 3 is 2.42 bits per heavy atom. The molecule has 138 valence electrons. The van der Waals surface area contributed by atoms with Crippen molar-refractivity contribution in [1.82, 2.24) is 9.88 Å². The molecule has 1 aromatic carbocycles. The number of amides is 1. The van der Waals surface area contributed by atoms with E-state index in [4.69, 9.17) is 0 Å². The van der Waals surface area contributed by atoms with Gasteiger partial charge in [-0.25, -0.2) is 4.98 Å². The van der Waals surface area contributed by atoms with E-state index in [1.807, 2.05) is 17.0 Å². The molecule has 3 rings (SSSR count). The molecule has 1 saturated heterocycles. The normalized spacial score (nSPS) is 14.7. The molecule has 1 aliphatic rings. The minimum Gasteiger partial charge on any atom is -0.382 e. The Labute approximate surface area is 156 Å². The molecule has 5 nitrogen and oxygen atoms in total. The summed E-state index contributed by atoms with van der Waals surface area (Å²) in [4.78, 5) is 21.3. The Bertz CT molecular complexity index is 762. The van der Waals surface area contributed by atoms with E-state index in [9.17, 15) is 4.79 Å². The predicted molar refractivity (Wildman–Crippen MR) is 107 cm³/mol. The zero-order valence-corrected chi connectivity index (χ0v) is 16.1. The van der Waals surface area contributed by atoms with E-state index in [1.54, 1.807) is 6.20 Å². The molecule has 0 bridgehead atoms. The molecule has 0 radical (unpaired) electrons. The van der Waals surface area contributed by atoms with Crippen molar-refractivity contribution in [3.05, 3.63) is 53.3 Å². The number of hydrogen-bond donors (Lipinski definition) is 1. The fourth-order valence-corrected chi connectivity index (χ4v) is 3.33. The van der Waals surface area contributed by atoms with E-state index < -0.39 is 0 Å². The fourth-order valence-electron chi connectivity index (χ4n) is 3.33. The molecule has 26 heavy (non-hydrogen) atoms. The van der Waals surface area contributed by atoms with Gasteiger partial charge in [0.15, 0.2) is 0 Å². The van der Waals surface area contributed by atoms with Crippen molar-refractivity contribution in [3.63, 3.8) is 0 Å². The standard InChI is InChI=1S/C21H28N4O/c1-15(2)23-18-8-9-19(22-14-18)21(26)25-12-10-24(11-13-25)20-7-5-6-16(3)17(20)4/h5-9,14-15,23H,10-13H2,1-4H3. The third-order valence-corrected chi connectivity index (χ3v) is 4.92. The third kappa shape index (κ3) is 3.98. The summed E-state index contributed by atoms with van der Waals surface area (Å²) in [5.74, 6) is 0.0155. The number of nitrogens with one attached hydrogen (secondary N) is 1. The van der Waals surface area contributed by atoms with Gasteiger partial charge in [-0.1, -0.05) is 12.1 Å². The monoisotopic (exact) mass is 352 g/mol. The van der Waals surface area contributed by atoms with Crippen molar-refractivity contribution >= 4 is 17.3 Å². The van der Waals surface area contributed by atoms with Crippen LogP contribution in [0.4, 0.5) is 11.4 Å². The highest BCUT2D eigenvalue weighted by molar-refractivity contribution is 5.92. The van der Waals surface area contributed by atoms with Crippen molar-refractivity contribution in [2.75, 3.05) is 36.4 Å². The van der Waals surface area contributed by atoms with Gasteiger partial charge in [0.1, 0.15) is 5.69 Å². The third-order valence-electron chi connectivity index (χ3n) is 4.92. The molecular formula is C21H28N4O. The summed E-state index contributed by atoms with van der Waals surface area (Å²) >= 11 is 0. The molecule has 1 fully saturated rings. The number of anilines is 2. The lowest BCUT2D eigenvalue weighted by Crippen LogP contribution is -2.49. The van der Waals surface area contributed by atoms with Gasteiger partial charge in [0.2, 0.25) is 0 Å². The lowest BCUT2D eigenvalue weighted by atomic mass is 10.1. The molecule has 2 heterocycles. The first-order valence-electron chi connectivity index (χ1n) is 9.28. The number of aromatic nitrogens is 1. The number of benzene rings is 1. The maximum Gasteiger partial charge on any atom is 0.272 e. The highest BCUT2D eigenvalue weighted by atomic mass is 16.2. The maximum absolute atomic E-state index is 12.7. The average molecular weight is 352 g/mol. The first-order valence-corrected chi connectivity index (χ1v) is 9.28. The minimum atomic E-state index is 0.0155. The van der Waals surface area contributed by atoms with Crippen molar-refractivity contribution in [2.45, 2.75) is 33.7 Å². The van der Waals surface area contributed by atoms with E-state index in [-0.39, 0.29) is 5.91 Å². The van der Waals surface area contributed by atoms with Gasteiger partial charge in [-0.15, -0.1) is 0 Å². The molecule has 5 heteroatoms. The molecule has 1 aromatic heterocycles. The van der Waals surface area contributed by atoms with E-state index in [0.717, 1.165) is 31.9 Å². The molecular weight excluding hydrogens is 324 g/mol. The van der Waals surface area contributed by atoms with Gasteiger partial charge >= 0.3 is 0 Å². The minimum absolute atomic E-state index is 0.0155. The number of hydrogen-bond acceptors (Lipinski definition) is 4. The quantitative estimate of drug-likeness (QED) is 0.915. The molecule has 0 aliphatic carbocycles. The summed E-state index contributed by atoms with van der Waals surface area (Å²) in [6.45, 7) is 11.6. The summed E-state index contributed by atoms with van der Waals surface area (Å²) in [6.07, 6.45) is 1.74. The number of aryl methyl sites for hydroxylation is 1. The molecule has 0 atom stereocenters. The Kier molecular flexibility index (Phi) is 5.45. The van der Waals surface area contributed by atoms with Crippen LogP contribution in [-0.2, 0) is 0 Å². The number of nitrogens with zero attached hydrogens (tertiary/aromatic N) is 3. The Balaban J connectivity index is 1.62. The van der Waals surface area contributed by atoms with E-state index in [0.29, 0.717) is 11.7 Å². The van der Waals surface area contributed by atoms with Crippen LogP contribution in [0.25, 0.3) is 0 Å². The van der Waals surface area contributed by atoms with Crippen LogP contribution >= 0.6 is 0 Å². The number of pyridine rings is 1. The second-order valence-corrected chi connectivity index (χ2v) is 7.23. The van der Waals surface area contributed by atoms with Crippen molar-refractivity contribution < 1.29 is 4.79 Å². The van der Waals surface area contributed by atoms with Crippen LogP contribution in [-0.4, -0.2) is 48.0 Å². The molecule has 1 amide bonds. The van der Waals surface area contributed by atoms with E-state index in [1.165, 1.54) is 16.8 Å². The Morgan fingerprint density at radius 1 is 1.08 bits per heavy atom. The van der Waals surface area contributed by atoms with Crippen LogP contribution in [0.15, 0.2) is 36.5 Å². The maximum atomic E-state index is 12.7. The van der Waals surface area contributed by atoms with Crippen LogP contribution in [0, 0.1) is 13.8 Å². The summed E-state index contributed by atoms with van der Waals surface area (Å²) in [5.41, 5.74) is 5.36. The zero-order chi connectivity index (χ0) is 18.7. The largest absolute Gasteiger partial charge is 0.382 e. The summed E-state index contributed by atoms with van der Waals surface area (Å²) < 4.78 is 0. The van der Waals surface area contributed by atoms with Crippen LogP contribution in [0.2, 0.25) is 0 Å². The first-order chi connectivity index (χ1) is 12.5. The molecule has 0 spiro atoms. The zero-order valence-electron chi connectivity index (χ0n) is 16.1. The second kappa shape index (κ2) is 7.77. The van der Waals surface area contributed by atoms with Crippen LogP contribution in [0.5, 0.6) is 0 Å². The molecule has 2 aromatic rings. The van der Waals surface area contributed by atoms with Gasteiger partial charge in [-0.3, -0.25) is 4.79 Å². The summed E-state index contributed by atoms with van der Waals surface area (Å²) in [5, 5.41) is 3.29. The van der Waals surface area contributed by atoms with Gasteiger partial charge < -0.3 is 15.1 Å². The molecule has 0 unspecified atom stereocenters.